The van der Waals surface area contributed by atoms with Crippen LogP contribution in [0.25, 0.3) is 0 Å². The SMILES string of the molecule is CCC(CC)Oc1ccc(OC)cc1. The lowest BCUT2D eigenvalue weighted by molar-refractivity contribution is 0.192. The Morgan fingerprint density at radius 2 is 1.50 bits per heavy atom. The summed E-state index contributed by atoms with van der Waals surface area (Å²) in [5.41, 5.74) is 0. The number of methoxy groups -OCH3 is 1. The van der Waals surface area contributed by atoms with E-state index >= 15 is 0 Å². The van der Waals surface area contributed by atoms with Gasteiger partial charge in [0.2, 0.25) is 0 Å². The molecule has 0 aliphatic carbocycles. The minimum Gasteiger partial charge on any atom is -0.497 e. The number of ether oxygens (including phenoxy) is 2. The van der Waals surface area contributed by atoms with Crippen molar-refractivity contribution in [2.75, 3.05) is 7.11 Å². The van der Waals surface area contributed by atoms with E-state index < -0.39 is 0 Å². The van der Waals surface area contributed by atoms with Crippen molar-refractivity contribution in [3.05, 3.63) is 24.3 Å². The van der Waals surface area contributed by atoms with Crippen LogP contribution in [0.3, 0.4) is 0 Å². The third-order valence-electron chi connectivity index (χ3n) is 2.27. The Labute approximate surface area is 85.8 Å². The number of hydrogen-bond donors (Lipinski definition) is 0. The summed E-state index contributed by atoms with van der Waals surface area (Å²) in [6, 6.07) is 7.71. The second-order valence-corrected chi connectivity index (χ2v) is 3.23. The van der Waals surface area contributed by atoms with Crippen LogP contribution in [-0.2, 0) is 0 Å². The fourth-order valence-corrected chi connectivity index (χ4v) is 1.30. The third-order valence-corrected chi connectivity index (χ3v) is 2.27. The summed E-state index contributed by atoms with van der Waals surface area (Å²) in [7, 11) is 1.66. The van der Waals surface area contributed by atoms with Crippen molar-refractivity contribution < 1.29 is 9.47 Å². The summed E-state index contributed by atoms with van der Waals surface area (Å²) >= 11 is 0. The molecule has 0 fully saturated rings. The minimum atomic E-state index is 0.323. The molecule has 0 aliphatic rings. The molecule has 1 rings (SSSR count). The van der Waals surface area contributed by atoms with E-state index in [1.165, 1.54) is 0 Å². The summed E-state index contributed by atoms with van der Waals surface area (Å²) in [6.45, 7) is 4.27. The van der Waals surface area contributed by atoms with Gasteiger partial charge in [-0.05, 0) is 37.1 Å². The van der Waals surface area contributed by atoms with Gasteiger partial charge >= 0.3 is 0 Å². The first-order valence-corrected chi connectivity index (χ1v) is 5.10. The van der Waals surface area contributed by atoms with Gasteiger partial charge in [0.25, 0.3) is 0 Å². The van der Waals surface area contributed by atoms with Gasteiger partial charge in [-0.2, -0.15) is 0 Å². The first-order chi connectivity index (χ1) is 6.80. The smallest absolute Gasteiger partial charge is 0.119 e. The molecule has 0 bridgehead atoms. The van der Waals surface area contributed by atoms with Crippen LogP contribution in [0.15, 0.2) is 24.3 Å². The lowest BCUT2D eigenvalue weighted by Gasteiger charge is -2.15. The fraction of sp³-hybridized carbons (Fsp3) is 0.500. The minimum absolute atomic E-state index is 0.323. The molecule has 78 valence electrons. The summed E-state index contributed by atoms with van der Waals surface area (Å²) in [5, 5.41) is 0. The van der Waals surface area contributed by atoms with Gasteiger partial charge in [0, 0.05) is 0 Å². The molecule has 0 heterocycles. The molecule has 0 amide bonds. The molecule has 0 spiro atoms. The molecule has 0 saturated heterocycles. The average molecular weight is 194 g/mol. The van der Waals surface area contributed by atoms with Crippen LogP contribution < -0.4 is 9.47 Å². The van der Waals surface area contributed by atoms with Gasteiger partial charge in [0.1, 0.15) is 11.5 Å². The van der Waals surface area contributed by atoms with E-state index in [0.29, 0.717) is 6.10 Å². The maximum absolute atomic E-state index is 5.76. The lowest BCUT2D eigenvalue weighted by Crippen LogP contribution is -2.13. The molecule has 0 aliphatic heterocycles. The van der Waals surface area contributed by atoms with Gasteiger partial charge < -0.3 is 9.47 Å². The van der Waals surface area contributed by atoms with Crippen molar-refractivity contribution in [1.82, 2.24) is 0 Å². The highest BCUT2D eigenvalue weighted by Crippen LogP contribution is 2.19. The van der Waals surface area contributed by atoms with Crippen LogP contribution in [0.2, 0.25) is 0 Å². The molecule has 14 heavy (non-hydrogen) atoms. The highest BCUT2D eigenvalue weighted by Gasteiger charge is 2.04. The summed E-state index contributed by atoms with van der Waals surface area (Å²) in [4.78, 5) is 0. The largest absolute Gasteiger partial charge is 0.497 e. The van der Waals surface area contributed by atoms with Crippen LogP contribution in [-0.4, -0.2) is 13.2 Å². The highest BCUT2D eigenvalue weighted by molar-refractivity contribution is 5.31. The second-order valence-electron chi connectivity index (χ2n) is 3.23. The summed E-state index contributed by atoms with van der Waals surface area (Å²) in [6.07, 6.45) is 2.41. The van der Waals surface area contributed by atoms with Gasteiger partial charge in [-0.3, -0.25) is 0 Å². The summed E-state index contributed by atoms with van der Waals surface area (Å²) in [5.74, 6) is 1.78. The molecule has 0 saturated carbocycles. The first kappa shape index (κ1) is 10.9. The molecule has 2 heteroatoms. The maximum Gasteiger partial charge on any atom is 0.119 e. The van der Waals surface area contributed by atoms with Gasteiger partial charge in [-0.1, -0.05) is 13.8 Å². The second kappa shape index (κ2) is 5.53. The van der Waals surface area contributed by atoms with Gasteiger partial charge in [0.05, 0.1) is 13.2 Å². The van der Waals surface area contributed by atoms with Gasteiger partial charge in [0.15, 0.2) is 0 Å². The van der Waals surface area contributed by atoms with E-state index in [9.17, 15) is 0 Å². The molecular weight excluding hydrogens is 176 g/mol. The van der Waals surface area contributed by atoms with Crippen molar-refractivity contribution in [1.29, 1.82) is 0 Å². The van der Waals surface area contributed by atoms with Crippen molar-refractivity contribution in [3.63, 3.8) is 0 Å². The molecule has 2 nitrogen and oxygen atoms in total. The van der Waals surface area contributed by atoms with E-state index in [0.717, 1.165) is 24.3 Å². The molecule has 0 unspecified atom stereocenters. The predicted molar refractivity (Wildman–Crippen MR) is 58.0 cm³/mol. The number of hydrogen-bond acceptors (Lipinski definition) is 2. The maximum atomic E-state index is 5.76. The Morgan fingerprint density at radius 1 is 1.00 bits per heavy atom. The van der Waals surface area contributed by atoms with Crippen LogP contribution in [0.1, 0.15) is 26.7 Å². The van der Waals surface area contributed by atoms with E-state index in [1.807, 2.05) is 24.3 Å². The molecule has 0 atom stereocenters. The van der Waals surface area contributed by atoms with Crippen molar-refractivity contribution in [2.45, 2.75) is 32.8 Å². The van der Waals surface area contributed by atoms with Gasteiger partial charge in [-0.25, -0.2) is 0 Å². The Kier molecular flexibility index (Phi) is 4.30. The van der Waals surface area contributed by atoms with Crippen LogP contribution in [0, 0.1) is 0 Å². The first-order valence-electron chi connectivity index (χ1n) is 5.10. The van der Waals surface area contributed by atoms with Crippen molar-refractivity contribution in [2.24, 2.45) is 0 Å². The lowest BCUT2D eigenvalue weighted by atomic mass is 10.2. The Hall–Kier alpha value is -1.18. The van der Waals surface area contributed by atoms with Crippen LogP contribution in [0.5, 0.6) is 11.5 Å². The van der Waals surface area contributed by atoms with E-state index in [-0.39, 0.29) is 0 Å². The van der Waals surface area contributed by atoms with E-state index in [4.69, 9.17) is 9.47 Å². The average Bonchev–Trinajstić information content (AvgIpc) is 2.26. The zero-order valence-electron chi connectivity index (χ0n) is 9.12. The van der Waals surface area contributed by atoms with Crippen LogP contribution >= 0.6 is 0 Å². The molecule has 0 aromatic heterocycles. The Bertz CT molecular complexity index is 250. The van der Waals surface area contributed by atoms with Crippen molar-refractivity contribution in [3.8, 4) is 11.5 Å². The molecule has 1 aromatic rings. The monoisotopic (exact) mass is 194 g/mol. The molecule has 0 radical (unpaired) electrons. The van der Waals surface area contributed by atoms with Crippen LogP contribution in [0.4, 0.5) is 0 Å². The normalized spacial score (nSPS) is 10.3. The summed E-state index contributed by atoms with van der Waals surface area (Å²) < 4.78 is 10.8. The zero-order valence-corrected chi connectivity index (χ0v) is 9.12. The zero-order chi connectivity index (χ0) is 10.4. The number of rotatable bonds is 5. The van der Waals surface area contributed by atoms with Crippen molar-refractivity contribution >= 4 is 0 Å². The third kappa shape index (κ3) is 2.95. The van der Waals surface area contributed by atoms with Gasteiger partial charge in [-0.15, -0.1) is 0 Å². The Morgan fingerprint density at radius 3 is 1.93 bits per heavy atom. The fourth-order valence-electron chi connectivity index (χ4n) is 1.30. The quantitative estimate of drug-likeness (QED) is 0.716. The van der Waals surface area contributed by atoms with E-state index in [1.54, 1.807) is 7.11 Å². The topological polar surface area (TPSA) is 18.5 Å². The van der Waals surface area contributed by atoms with E-state index in [2.05, 4.69) is 13.8 Å². The highest BCUT2D eigenvalue weighted by atomic mass is 16.5. The number of benzene rings is 1. The molecular formula is C12H18O2. The standard InChI is InChI=1S/C12H18O2/c1-4-10(5-2)14-12-8-6-11(13-3)7-9-12/h6-10H,4-5H2,1-3H3. The Balaban J connectivity index is 2.58. The predicted octanol–water partition coefficient (Wildman–Crippen LogP) is 3.26. The molecule has 0 N–H and O–H groups in total. The molecule has 1 aromatic carbocycles.